The SMILES string of the molecule is CCOCc1ccccc1NC(=O)CSc1ccc(F)c(F)c1. The van der Waals surface area contributed by atoms with Crippen molar-refractivity contribution in [1.29, 1.82) is 0 Å². The minimum atomic E-state index is -0.919. The smallest absolute Gasteiger partial charge is 0.234 e. The molecule has 0 saturated carbocycles. The van der Waals surface area contributed by atoms with Gasteiger partial charge in [0.2, 0.25) is 5.91 Å². The summed E-state index contributed by atoms with van der Waals surface area (Å²) in [4.78, 5) is 12.5. The molecule has 0 bridgehead atoms. The summed E-state index contributed by atoms with van der Waals surface area (Å²) in [6.45, 7) is 2.91. The molecule has 2 rings (SSSR count). The molecule has 6 heteroatoms. The number of amides is 1. The molecule has 0 heterocycles. The van der Waals surface area contributed by atoms with Gasteiger partial charge in [-0.3, -0.25) is 4.79 Å². The number of rotatable bonds is 7. The van der Waals surface area contributed by atoms with E-state index in [4.69, 9.17) is 4.74 Å². The molecule has 23 heavy (non-hydrogen) atoms. The molecule has 3 nitrogen and oxygen atoms in total. The summed E-state index contributed by atoms with van der Waals surface area (Å²) in [5.41, 5.74) is 1.58. The number of thioether (sulfide) groups is 1. The van der Waals surface area contributed by atoms with Crippen LogP contribution in [0.15, 0.2) is 47.4 Å². The summed E-state index contributed by atoms with van der Waals surface area (Å²) in [5.74, 6) is -1.93. The van der Waals surface area contributed by atoms with Gasteiger partial charge < -0.3 is 10.1 Å². The summed E-state index contributed by atoms with van der Waals surface area (Å²) in [7, 11) is 0. The van der Waals surface area contributed by atoms with Gasteiger partial charge in [0.1, 0.15) is 0 Å². The van der Waals surface area contributed by atoms with E-state index < -0.39 is 11.6 Å². The number of para-hydroxylation sites is 1. The highest BCUT2D eigenvalue weighted by Gasteiger charge is 2.09. The van der Waals surface area contributed by atoms with Crippen LogP contribution in [0.5, 0.6) is 0 Å². The van der Waals surface area contributed by atoms with Gasteiger partial charge in [-0.15, -0.1) is 11.8 Å². The highest BCUT2D eigenvalue weighted by molar-refractivity contribution is 8.00. The fourth-order valence-electron chi connectivity index (χ4n) is 1.88. The third-order valence-corrected chi connectivity index (χ3v) is 4.01. The zero-order valence-corrected chi connectivity index (χ0v) is 13.5. The van der Waals surface area contributed by atoms with Crippen LogP contribution in [-0.2, 0) is 16.1 Å². The molecular weight excluding hydrogens is 320 g/mol. The number of hydrogen-bond acceptors (Lipinski definition) is 3. The fraction of sp³-hybridized carbons (Fsp3) is 0.235. The van der Waals surface area contributed by atoms with E-state index >= 15 is 0 Å². The van der Waals surface area contributed by atoms with Crippen LogP contribution in [0.25, 0.3) is 0 Å². The lowest BCUT2D eigenvalue weighted by atomic mass is 10.2. The average molecular weight is 337 g/mol. The fourth-order valence-corrected chi connectivity index (χ4v) is 2.60. The first kappa shape index (κ1) is 17.4. The number of carbonyl (C=O) groups excluding carboxylic acids is 1. The Morgan fingerprint density at radius 2 is 1.96 bits per heavy atom. The molecule has 0 aliphatic carbocycles. The lowest BCUT2D eigenvalue weighted by molar-refractivity contribution is -0.113. The normalized spacial score (nSPS) is 10.6. The van der Waals surface area contributed by atoms with Gasteiger partial charge in [0.25, 0.3) is 0 Å². The van der Waals surface area contributed by atoms with Crippen molar-refractivity contribution in [2.75, 3.05) is 17.7 Å². The molecule has 122 valence electrons. The van der Waals surface area contributed by atoms with Gasteiger partial charge >= 0.3 is 0 Å². The summed E-state index contributed by atoms with van der Waals surface area (Å²) >= 11 is 1.14. The zero-order chi connectivity index (χ0) is 16.7. The van der Waals surface area contributed by atoms with Gasteiger partial charge in [-0.1, -0.05) is 18.2 Å². The zero-order valence-electron chi connectivity index (χ0n) is 12.6. The Kier molecular flexibility index (Phi) is 6.55. The highest BCUT2D eigenvalue weighted by Crippen LogP contribution is 2.21. The lowest BCUT2D eigenvalue weighted by Crippen LogP contribution is -2.15. The molecule has 0 unspecified atom stereocenters. The maximum atomic E-state index is 13.1. The predicted octanol–water partition coefficient (Wildman–Crippen LogP) is 4.23. The first-order valence-electron chi connectivity index (χ1n) is 7.13. The van der Waals surface area contributed by atoms with E-state index in [0.717, 1.165) is 29.5 Å². The van der Waals surface area contributed by atoms with Crippen molar-refractivity contribution in [3.8, 4) is 0 Å². The van der Waals surface area contributed by atoms with E-state index in [9.17, 15) is 13.6 Å². The Balaban J connectivity index is 1.93. The van der Waals surface area contributed by atoms with Gasteiger partial charge in [-0.05, 0) is 31.2 Å². The molecule has 0 aliphatic heterocycles. The molecule has 2 aromatic carbocycles. The number of benzene rings is 2. The van der Waals surface area contributed by atoms with Crippen molar-refractivity contribution in [3.05, 3.63) is 59.7 Å². The Morgan fingerprint density at radius 3 is 2.70 bits per heavy atom. The first-order valence-corrected chi connectivity index (χ1v) is 8.12. The van der Waals surface area contributed by atoms with Crippen LogP contribution in [0.1, 0.15) is 12.5 Å². The second kappa shape index (κ2) is 8.64. The van der Waals surface area contributed by atoms with E-state index in [0.29, 0.717) is 23.8 Å². The maximum Gasteiger partial charge on any atom is 0.234 e. The summed E-state index contributed by atoms with van der Waals surface area (Å²) in [5, 5.41) is 2.81. The van der Waals surface area contributed by atoms with Crippen molar-refractivity contribution in [2.24, 2.45) is 0 Å². The topological polar surface area (TPSA) is 38.3 Å². The number of carbonyl (C=O) groups is 1. The Bertz CT molecular complexity index is 679. The van der Waals surface area contributed by atoms with E-state index in [1.165, 1.54) is 6.07 Å². The third-order valence-electron chi connectivity index (χ3n) is 3.01. The Morgan fingerprint density at radius 1 is 1.17 bits per heavy atom. The van der Waals surface area contributed by atoms with Crippen LogP contribution >= 0.6 is 11.8 Å². The number of nitrogens with one attached hydrogen (secondary N) is 1. The second-order valence-corrected chi connectivity index (χ2v) is 5.76. The standard InChI is InChI=1S/C17H17F2NO2S/c1-2-22-10-12-5-3-4-6-16(12)20-17(21)11-23-13-7-8-14(18)15(19)9-13/h3-9H,2,10-11H2,1H3,(H,20,21). The minimum absolute atomic E-state index is 0.105. The van der Waals surface area contributed by atoms with E-state index in [2.05, 4.69) is 5.32 Å². The van der Waals surface area contributed by atoms with Gasteiger partial charge in [-0.2, -0.15) is 0 Å². The largest absolute Gasteiger partial charge is 0.377 e. The van der Waals surface area contributed by atoms with E-state index in [1.807, 2.05) is 25.1 Å². The maximum absolute atomic E-state index is 13.1. The van der Waals surface area contributed by atoms with Crippen molar-refractivity contribution in [2.45, 2.75) is 18.4 Å². The molecule has 2 aromatic rings. The number of ether oxygens (including phenoxy) is 1. The molecule has 0 aliphatic rings. The Labute approximate surface area is 138 Å². The number of hydrogen-bond donors (Lipinski definition) is 1. The van der Waals surface area contributed by atoms with Gasteiger partial charge in [-0.25, -0.2) is 8.78 Å². The molecule has 0 aromatic heterocycles. The summed E-state index contributed by atoms with van der Waals surface area (Å²) in [6, 6.07) is 11.0. The predicted molar refractivity (Wildman–Crippen MR) is 87.5 cm³/mol. The quantitative estimate of drug-likeness (QED) is 0.768. The van der Waals surface area contributed by atoms with Crippen LogP contribution in [0.3, 0.4) is 0 Å². The summed E-state index contributed by atoms with van der Waals surface area (Å²) < 4.78 is 31.3. The summed E-state index contributed by atoms with van der Waals surface area (Å²) in [6.07, 6.45) is 0. The highest BCUT2D eigenvalue weighted by atomic mass is 32.2. The van der Waals surface area contributed by atoms with Gasteiger partial charge in [0.05, 0.1) is 12.4 Å². The van der Waals surface area contributed by atoms with Crippen LogP contribution in [0, 0.1) is 11.6 Å². The van der Waals surface area contributed by atoms with E-state index in [1.54, 1.807) is 6.07 Å². The molecule has 0 atom stereocenters. The molecule has 0 fully saturated rings. The lowest BCUT2D eigenvalue weighted by Gasteiger charge is -2.11. The molecule has 1 amide bonds. The van der Waals surface area contributed by atoms with Crippen LogP contribution in [0.4, 0.5) is 14.5 Å². The minimum Gasteiger partial charge on any atom is -0.377 e. The van der Waals surface area contributed by atoms with Crippen molar-refractivity contribution in [3.63, 3.8) is 0 Å². The number of anilines is 1. The van der Waals surface area contributed by atoms with Crippen LogP contribution in [-0.4, -0.2) is 18.3 Å². The van der Waals surface area contributed by atoms with Crippen molar-refractivity contribution in [1.82, 2.24) is 0 Å². The van der Waals surface area contributed by atoms with Crippen molar-refractivity contribution >= 4 is 23.4 Å². The van der Waals surface area contributed by atoms with E-state index in [-0.39, 0.29) is 11.7 Å². The van der Waals surface area contributed by atoms with Gasteiger partial charge in [0, 0.05) is 22.8 Å². The third kappa shape index (κ3) is 5.33. The molecule has 0 saturated heterocycles. The first-order chi connectivity index (χ1) is 11.1. The molecule has 0 radical (unpaired) electrons. The molecule has 0 spiro atoms. The monoisotopic (exact) mass is 337 g/mol. The van der Waals surface area contributed by atoms with Crippen LogP contribution < -0.4 is 5.32 Å². The van der Waals surface area contributed by atoms with Crippen LogP contribution in [0.2, 0.25) is 0 Å². The van der Waals surface area contributed by atoms with Gasteiger partial charge in [0.15, 0.2) is 11.6 Å². The molecular formula is C17H17F2NO2S. The van der Waals surface area contributed by atoms with Crippen molar-refractivity contribution < 1.29 is 18.3 Å². The Hall–Kier alpha value is -1.92. The average Bonchev–Trinajstić information content (AvgIpc) is 2.55. The molecule has 1 N–H and O–H groups in total. The second-order valence-electron chi connectivity index (χ2n) is 4.71. The number of halogens is 2.